The van der Waals surface area contributed by atoms with Gasteiger partial charge in [0.2, 0.25) is 0 Å². The van der Waals surface area contributed by atoms with Crippen molar-refractivity contribution in [3.63, 3.8) is 0 Å². The zero-order valence-electron chi connectivity index (χ0n) is 11.5. The van der Waals surface area contributed by atoms with E-state index in [-0.39, 0.29) is 11.8 Å². The van der Waals surface area contributed by atoms with Crippen LogP contribution in [0.5, 0.6) is 0 Å². The van der Waals surface area contributed by atoms with Crippen molar-refractivity contribution in [2.45, 2.75) is 19.8 Å². The van der Waals surface area contributed by atoms with Crippen molar-refractivity contribution in [3.8, 4) is 0 Å². The summed E-state index contributed by atoms with van der Waals surface area (Å²) < 4.78 is 0. The van der Waals surface area contributed by atoms with E-state index in [2.05, 4.69) is 12.0 Å². The molecule has 0 aliphatic carbocycles. The molecule has 0 radical (unpaired) electrons. The van der Waals surface area contributed by atoms with E-state index in [0.29, 0.717) is 18.5 Å². The fraction of sp³-hybridized carbons (Fsp3) is 0.250. The molecule has 0 saturated carbocycles. The number of carbonyl (C=O) groups is 2. The predicted octanol–water partition coefficient (Wildman–Crippen LogP) is 2.59. The number of allylic oxidation sites excluding steroid dienone is 3. The number of carbonyl (C=O) groups excluding carboxylic acids is 2. The summed E-state index contributed by atoms with van der Waals surface area (Å²) in [6.07, 6.45) is 6.01. The van der Waals surface area contributed by atoms with Crippen LogP contribution in [0.3, 0.4) is 0 Å². The molecule has 104 valence electrons. The molecule has 1 aliphatic heterocycles. The number of hydrogen-bond donors (Lipinski definition) is 1. The van der Waals surface area contributed by atoms with Crippen LogP contribution in [0, 0.1) is 5.41 Å². The Hall–Kier alpha value is -2.36. The lowest BCUT2D eigenvalue weighted by Crippen LogP contribution is -2.37. The van der Waals surface area contributed by atoms with Crippen molar-refractivity contribution < 1.29 is 9.59 Å². The highest BCUT2D eigenvalue weighted by Gasteiger charge is 2.53. The average molecular weight is 270 g/mol. The Kier molecular flexibility index (Phi) is 4.03. The lowest BCUT2D eigenvalue weighted by molar-refractivity contribution is -0.135. The summed E-state index contributed by atoms with van der Waals surface area (Å²) in [5.74, 6) is -0.504. The quantitative estimate of drug-likeness (QED) is 0.660. The number of nitrogens with one attached hydrogen (secondary N) is 1. The number of benzene rings is 1. The van der Waals surface area contributed by atoms with E-state index in [1.165, 1.54) is 5.01 Å². The van der Waals surface area contributed by atoms with Gasteiger partial charge in [0.25, 0.3) is 11.8 Å². The lowest BCUT2D eigenvalue weighted by Gasteiger charge is -2.21. The number of hydrogen-bond acceptors (Lipinski definition) is 2. The highest BCUT2D eigenvalue weighted by molar-refractivity contribution is 6.18. The second-order valence-electron chi connectivity index (χ2n) is 4.77. The van der Waals surface area contributed by atoms with Gasteiger partial charge in [-0.15, -0.1) is 6.58 Å². The van der Waals surface area contributed by atoms with Crippen LogP contribution in [0.2, 0.25) is 0 Å². The van der Waals surface area contributed by atoms with Gasteiger partial charge in [-0.3, -0.25) is 15.0 Å². The van der Waals surface area contributed by atoms with E-state index >= 15 is 0 Å². The van der Waals surface area contributed by atoms with Crippen molar-refractivity contribution in [2.75, 3.05) is 5.01 Å². The van der Waals surface area contributed by atoms with Gasteiger partial charge in [0, 0.05) is 0 Å². The van der Waals surface area contributed by atoms with Crippen LogP contribution < -0.4 is 10.4 Å². The smallest absolute Gasteiger partial charge is 0.262 e. The Morgan fingerprint density at radius 1 is 1.25 bits per heavy atom. The molecule has 1 fully saturated rings. The summed E-state index contributed by atoms with van der Waals surface area (Å²) in [5.41, 5.74) is 2.25. The second-order valence-corrected chi connectivity index (χ2v) is 4.77. The molecule has 0 spiro atoms. The molecule has 1 aromatic carbocycles. The summed E-state index contributed by atoms with van der Waals surface area (Å²) in [7, 11) is 0. The number of anilines is 1. The third kappa shape index (κ3) is 2.25. The fourth-order valence-electron chi connectivity index (χ4n) is 2.34. The summed E-state index contributed by atoms with van der Waals surface area (Å²) in [6.45, 7) is 5.54. The molecule has 1 N–H and O–H groups in total. The minimum absolute atomic E-state index is 0.230. The first-order valence-corrected chi connectivity index (χ1v) is 6.58. The zero-order valence-corrected chi connectivity index (χ0v) is 11.5. The van der Waals surface area contributed by atoms with Crippen molar-refractivity contribution >= 4 is 17.5 Å². The number of hydrazine groups is 1. The van der Waals surface area contributed by atoms with Gasteiger partial charge >= 0.3 is 0 Å². The first-order valence-electron chi connectivity index (χ1n) is 6.58. The van der Waals surface area contributed by atoms with Crippen molar-refractivity contribution in [1.29, 1.82) is 0 Å². The number of para-hydroxylation sites is 1. The number of nitrogens with zero attached hydrogens (tertiary/aromatic N) is 1. The monoisotopic (exact) mass is 270 g/mol. The van der Waals surface area contributed by atoms with Crippen LogP contribution in [-0.2, 0) is 9.59 Å². The van der Waals surface area contributed by atoms with Gasteiger partial charge in [-0.25, -0.2) is 5.01 Å². The van der Waals surface area contributed by atoms with Gasteiger partial charge < -0.3 is 0 Å². The molecule has 1 aromatic rings. The van der Waals surface area contributed by atoms with Gasteiger partial charge in [-0.1, -0.05) is 36.4 Å². The fourth-order valence-corrected chi connectivity index (χ4v) is 2.34. The molecule has 2 amide bonds. The van der Waals surface area contributed by atoms with Gasteiger partial charge in [0.1, 0.15) is 5.41 Å². The molecule has 1 atom stereocenters. The van der Waals surface area contributed by atoms with E-state index in [0.717, 1.165) is 0 Å². The topological polar surface area (TPSA) is 49.4 Å². The Bertz CT molecular complexity index is 551. The molecule has 0 aromatic heterocycles. The molecular formula is C16H18N2O2. The normalized spacial score (nSPS) is 22.4. The average Bonchev–Trinajstić information content (AvgIpc) is 2.72. The van der Waals surface area contributed by atoms with Gasteiger partial charge in [0.15, 0.2) is 0 Å². The third-order valence-corrected chi connectivity index (χ3v) is 3.47. The lowest BCUT2D eigenvalue weighted by atomic mass is 9.80. The zero-order chi connectivity index (χ0) is 14.6. The summed E-state index contributed by atoms with van der Waals surface area (Å²) in [6, 6.07) is 9.10. The largest absolute Gasteiger partial charge is 0.272 e. The first-order chi connectivity index (χ1) is 9.65. The molecule has 1 saturated heterocycles. The van der Waals surface area contributed by atoms with E-state index in [4.69, 9.17) is 0 Å². The maximum Gasteiger partial charge on any atom is 0.262 e. The highest BCUT2D eigenvalue weighted by atomic mass is 16.2. The van der Waals surface area contributed by atoms with E-state index < -0.39 is 5.41 Å². The Morgan fingerprint density at radius 2 is 1.95 bits per heavy atom. The van der Waals surface area contributed by atoms with Crippen molar-refractivity contribution in [2.24, 2.45) is 5.41 Å². The molecule has 4 heteroatoms. The maximum atomic E-state index is 12.7. The highest BCUT2D eigenvalue weighted by Crippen LogP contribution is 2.36. The molecule has 20 heavy (non-hydrogen) atoms. The van der Waals surface area contributed by atoms with E-state index in [1.807, 2.05) is 37.3 Å². The van der Waals surface area contributed by atoms with E-state index in [9.17, 15) is 9.59 Å². The summed E-state index contributed by atoms with van der Waals surface area (Å²) in [5, 5.41) is 1.33. The Balaban J connectivity index is 2.37. The molecule has 0 bridgehead atoms. The molecule has 1 heterocycles. The summed E-state index contributed by atoms with van der Waals surface area (Å²) >= 11 is 0. The molecule has 1 aliphatic rings. The Labute approximate surface area is 118 Å². The second kappa shape index (κ2) is 5.74. The van der Waals surface area contributed by atoms with Crippen LogP contribution in [-0.4, -0.2) is 11.8 Å². The van der Waals surface area contributed by atoms with Crippen LogP contribution in [0.15, 0.2) is 55.1 Å². The van der Waals surface area contributed by atoms with Crippen molar-refractivity contribution in [1.82, 2.24) is 5.43 Å². The SMILES string of the molecule is C=CCC1(C/C=C/C)C(=O)NN(c2ccccc2)C1=O. The number of rotatable bonds is 5. The molecule has 4 nitrogen and oxygen atoms in total. The summed E-state index contributed by atoms with van der Waals surface area (Å²) in [4.78, 5) is 25.0. The van der Waals surface area contributed by atoms with Gasteiger partial charge in [-0.2, -0.15) is 0 Å². The standard InChI is InChI=1S/C16H18N2O2/c1-3-5-12-16(11-4-2)14(19)17-18(15(16)20)13-9-7-6-8-10-13/h3-10H,2,11-12H2,1H3,(H,17,19)/b5-3+. The molecule has 2 rings (SSSR count). The molecule has 1 unspecified atom stereocenters. The van der Waals surface area contributed by atoms with Gasteiger partial charge in [0.05, 0.1) is 5.69 Å². The predicted molar refractivity (Wildman–Crippen MR) is 78.7 cm³/mol. The minimum Gasteiger partial charge on any atom is -0.272 e. The number of amides is 2. The maximum absolute atomic E-state index is 12.7. The third-order valence-electron chi connectivity index (χ3n) is 3.47. The first kappa shape index (κ1) is 14.1. The van der Waals surface area contributed by atoms with Gasteiger partial charge in [-0.05, 0) is 31.9 Å². The van der Waals surface area contributed by atoms with Crippen LogP contribution in [0.4, 0.5) is 5.69 Å². The van der Waals surface area contributed by atoms with Crippen molar-refractivity contribution in [3.05, 3.63) is 55.1 Å². The Morgan fingerprint density at radius 3 is 2.55 bits per heavy atom. The van der Waals surface area contributed by atoms with Crippen LogP contribution in [0.1, 0.15) is 19.8 Å². The van der Waals surface area contributed by atoms with E-state index in [1.54, 1.807) is 18.2 Å². The van der Waals surface area contributed by atoms with Crippen LogP contribution in [0.25, 0.3) is 0 Å². The minimum atomic E-state index is -1.08. The molecular weight excluding hydrogens is 252 g/mol. The van der Waals surface area contributed by atoms with Crippen LogP contribution >= 0.6 is 0 Å².